The molecule has 2 fully saturated rings. The highest BCUT2D eigenvalue weighted by molar-refractivity contribution is 6.36. The van der Waals surface area contributed by atoms with Crippen LogP contribution in [0, 0.1) is 11.8 Å². The molecule has 0 bridgehead atoms. The fraction of sp³-hybridized carbons (Fsp3) is 0.333. The molecule has 0 radical (unpaired) electrons. The second-order valence-electron chi connectivity index (χ2n) is 7.31. The maximum Gasteiger partial charge on any atom is 0.416 e. The second kappa shape index (κ2) is 6.92. The van der Waals surface area contributed by atoms with Crippen molar-refractivity contribution in [1.82, 2.24) is 0 Å². The topological polar surface area (TPSA) is 37.4 Å². The molecule has 1 saturated carbocycles. The number of alkyl halides is 3. The lowest BCUT2D eigenvalue weighted by molar-refractivity contribution is -0.137. The lowest BCUT2D eigenvalue weighted by Gasteiger charge is -2.28. The van der Waals surface area contributed by atoms with E-state index in [1.807, 2.05) is 30.3 Å². The first kappa shape index (κ1) is 19.0. The Morgan fingerprint density at radius 2 is 1.61 bits per heavy atom. The number of hydrogen-bond acceptors (Lipinski definition) is 2. The molecule has 3 atom stereocenters. The van der Waals surface area contributed by atoms with E-state index in [-0.39, 0.29) is 16.6 Å². The minimum absolute atomic E-state index is 0.0482. The van der Waals surface area contributed by atoms with Gasteiger partial charge in [-0.05, 0) is 48.9 Å². The van der Waals surface area contributed by atoms with Crippen LogP contribution in [0.3, 0.4) is 0 Å². The Morgan fingerprint density at radius 3 is 2.29 bits per heavy atom. The maximum absolute atomic E-state index is 13.1. The number of benzene rings is 2. The van der Waals surface area contributed by atoms with Crippen molar-refractivity contribution >= 4 is 29.1 Å². The van der Waals surface area contributed by atoms with Gasteiger partial charge in [0.25, 0.3) is 0 Å². The Balaban J connectivity index is 1.65. The molecule has 0 N–H and O–H groups in total. The monoisotopic (exact) mass is 407 g/mol. The Hall–Kier alpha value is -2.34. The molecular weight excluding hydrogens is 391 g/mol. The van der Waals surface area contributed by atoms with E-state index in [2.05, 4.69) is 0 Å². The van der Waals surface area contributed by atoms with Crippen molar-refractivity contribution in [2.24, 2.45) is 11.8 Å². The van der Waals surface area contributed by atoms with Crippen LogP contribution in [0.2, 0.25) is 5.02 Å². The number of fused-ring (bicyclic) bond motifs is 1. The van der Waals surface area contributed by atoms with Crippen LogP contribution in [-0.2, 0) is 15.8 Å². The number of amides is 2. The van der Waals surface area contributed by atoms with Gasteiger partial charge in [-0.2, -0.15) is 13.2 Å². The molecule has 2 aromatic carbocycles. The van der Waals surface area contributed by atoms with E-state index in [9.17, 15) is 22.8 Å². The zero-order chi connectivity index (χ0) is 20.1. The van der Waals surface area contributed by atoms with Gasteiger partial charge in [0.15, 0.2) is 0 Å². The molecule has 2 amide bonds. The predicted molar refractivity (Wildman–Crippen MR) is 99.0 cm³/mol. The van der Waals surface area contributed by atoms with Crippen molar-refractivity contribution in [3.63, 3.8) is 0 Å². The summed E-state index contributed by atoms with van der Waals surface area (Å²) < 4.78 is 39.3. The molecule has 2 aromatic rings. The molecule has 3 unspecified atom stereocenters. The summed E-state index contributed by atoms with van der Waals surface area (Å²) in [5, 5.41) is -0.0482. The van der Waals surface area contributed by atoms with E-state index >= 15 is 0 Å². The summed E-state index contributed by atoms with van der Waals surface area (Å²) in [5.41, 5.74) is -0.0153. The van der Waals surface area contributed by atoms with Gasteiger partial charge >= 0.3 is 6.18 Å². The molecule has 1 heterocycles. The lowest BCUT2D eigenvalue weighted by atomic mass is 9.73. The quantitative estimate of drug-likeness (QED) is 0.622. The summed E-state index contributed by atoms with van der Waals surface area (Å²) in [5.74, 6) is -1.80. The van der Waals surface area contributed by atoms with Gasteiger partial charge in [0.05, 0.1) is 28.1 Å². The fourth-order valence-electron chi connectivity index (χ4n) is 4.31. The average Bonchev–Trinajstić information content (AvgIpc) is 2.92. The normalized spacial score (nSPS) is 25.1. The third-order valence-corrected chi connectivity index (χ3v) is 6.03. The van der Waals surface area contributed by atoms with Crippen LogP contribution in [-0.4, -0.2) is 11.8 Å². The van der Waals surface area contributed by atoms with E-state index in [0.717, 1.165) is 35.1 Å². The first-order valence-electron chi connectivity index (χ1n) is 9.07. The first-order chi connectivity index (χ1) is 13.3. The number of carbonyl (C=O) groups excluding carboxylic acids is 2. The summed E-state index contributed by atoms with van der Waals surface area (Å²) in [6.45, 7) is 0. The number of rotatable bonds is 2. The van der Waals surface area contributed by atoms with E-state index in [1.165, 1.54) is 0 Å². The van der Waals surface area contributed by atoms with Crippen molar-refractivity contribution in [2.45, 2.75) is 31.4 Å². The maximum atomic E-state index is 13.1. The SMILES string of the molecule is O=C1C2CCC(c3ccccc3)CC2C(=O)N1c1cc(C(F)(F)F)ccc1Cl. The highest BCUT2D eigenvalue weighted by Crippen LogP contribution is 2.47. The fourth-order valence-corrected chi connectivity index (χ4v) is 4.51. The van der Waals surface area contributed by atoms with E-state index in [1.54, 1.807) is 0 Å². The molecule has 0 spiro atoms. The van der Waals surface area contributed by atoms with Gasteiger partial charge < -0.3 is 0 Å². The van der Waals surface area contributed by atoms with Crippen LogP contribution in [0.4, 0.5) is 18.9 Å². The zero-order valence-electron chi connectivity index (χ0n) is 14.7. The molecule has 1 saturated heterocycles. The van der Waals surface area contributed by atoms with Gasteiger partial charge in [-0.25, -0.2) is 4.90 Å². The molecule has 1 aliphatic carbocycles. The molecule has 2 aliphatic rings. The summed E-state index contributed by atoms with van der Waals surface area (Å²) in [6.07, 6.45) is -2.79. The molecule has 0 aromatic heterocycles. The number of hydrogen-bond donors (Lipinski definition) is 0. The highest BCUT2D eigenvalue weighted by Gasteiger charge is 2.51. The largest absolute Gasteiger partial charge is 0.416 e. The van der Waals surface area contributed by atoms with Gasteiger partial charge in [0.2, 0.25) is 11.8 Å². The van der Waals surface area contributed by atoms with Crippen LogP contribution < -0.4 is 4.90 Å². The van der Waals surface area contributed by atoms with Gasteiger partial charge in [0, 0.05) is 0 Å². The molecule has 3 nitrogen and oxygen atoms in total. The predicted octanol–water partition coefficient (Wildman–Crippen LogP) is 5.43. The number of nitrogens with zero attached hydrogens (tertiary/aromatic N) is 1. The van der Waals surface area contributed by atoms with Gasteiger partial charge in [-0.1, -0.05) is 41.9 Å². The number of anilines is 1. The third kappa shape index (κ3) is 3.20. The van der Waals surface area contributed by atoms with Gasteiger partial charge in [0.1, 0.15) is 0 Å². The minimum atomic E-state index is -4.59. The summed E-state index contributed by atoms with van der Waals surface area (Å²) in [6, 6.07) is 12.5. The van der Waals surface area contributed by atoms with Crippen LogP contribution in [0.5, 0.6) is 0 Å². The molecule has 146 valence electrons. The Labute approximate surface area is 165 Å². The van der Waals surface area contributed by atoms with Gasteiger partial charge in [-0.3, -0.25) is 9.59 Å². The van der Waals surface area contributed by atoms with Crippen molar-refractivity contribution < 1.29 is 22.8 Å². The molecular formula is C21H17ClF3NO2. The Bertz CT molecular complexity index is 929. The number of halogens is 4. The first-order valence-corrected chi connectivity index (χ1v) is 9.44. The molecule has 28 heavy (non-hydrogen) atoms. The highest BCUT2D eigenvalue weighted by atomic mass is 35.5. The van der Waals surface area contributed by atoms with Gasteiger partial charge in [-0.15, -0.1) is 0 Å². The molecule has 1 aliphatic heterocycles. The van der Waals surface area contributed by atoms with Crippen LogP contribution in [0.1, 0.15) is 36.3 Å². The Kier molecular flexibility index (Phi) is 4.70. The summed E-state index contributed by atoms with van der Waals surface area (Å²) >= 11 is 6.07. The lowest BCUT2D eigenvalue weighted by Crippen LogP contribution is -2.31. The van der Waals surface area contributed by atoms with Crippen molar-refractivity contribution in [2.75, 3.05) is 4.90 Å². The molecule has 4 rings (SSSR count). The third-order valence-electron chi connectivity index (χ3n) is 5.71. The van der Waals surface area contributed by atoms with E-state index in [4.69, 9.17) is 11.6 Å². The zero-order valence-corrected chi connectivity index (χ0v) is 15.5. The number of imide groups is 1. The van der Waals surface area contributed by atoms with Crippen molar-refractivity contribution in [3.8, 4) is 0 Å². The summed E-state index contributed by atoms with van der Waals surface area (Å²) in [4.78, 5) is 26.7. The van der Waals surface area contributed by atoms with E-state index in [0.29, 0.717) is 12.8 Å². The molecule has 7 heteroatoms. The van der Waals surface area contributed by atoms with E-state index < -0.39 is 35.4 Å². The van der Waals surface area contributed by atoms with Crippen molar-refractivity contribution in [3.05, 3.63) is 64.7 Å². The minimum Gasteiger partial charge on any atom is -0.274 e. The number of carbonyl (C=O) groups is 2. The summed E-state index contributed by atoms with van der Waals surface area (Å²) in [7, 11) is 0. The van der Waals surface area contributed by atoms with Crippen LogP contribution in [0.15, 0.2) is 48.5 Å². The second-order valence-corrected chi connectivity index (χ2v) is 7.72. The standard InChI is InChI=1S/C21H17ClF3NO2/c22-17-9-7-14(21(23,24)25)11-18(17)26-19(27)15-8-6-13(10-16(15)20(26)28)12-4-2-1-3-5-12/h1-5,7,9,11,13,15-16H,6,8,10H2. The van der Waals surface area contributed by atoms with Crippen LogP contribution in [0.25, 0.3) is 0 Å². The average molecular weight is 408 g/mol. The van der Waals surface area contributed by atoms with Crippen LogP contribution >= 0.6 is 11.6 Å². The van der Waals surface area contributed by atoms with Crippen molar-refractivity contribution in [1.29, 1.82) is 0 Å². The Morgan fingerprint density at radius 1 is 0.929 bits per heavy atom. The smallest absolute Gasteiger partial charge is 0.274 e.